The summed E-state index contributed by atoms with van der Waals surface area (Å²) in [7, 11) is 3.11. The van der Waals surface area contributed by atoms with Gasteiger partial charge in [0.15, 0.2) is 0 Å². The van der Waals surface area contributed by atoms with Gasteiger partial charge in [0, 0.05) is 30.1 Å². The lowest BCUT2D eigenvalue weighted by molar-refractivity contribution is -0.111. The number of ether oxygens (including phenoxy) is 1. The summed E-state index contributed by atoms with van der Waals surface area (Å²) in [6, 6.07) is 14.0. The topological polar surface area (TPSA) is 79.5 Å². The van der Waals surface area contributed by atoms with Gasteiger partial charge >= 0.3 is 6.03 Å². The van der Waals surface area contributed by atoms with Crippen LogP contribution in [-0.4, -0.2) is 26.1 Å². The number of hydrogen-bond donors (Lipinski definition) is 3. The molecule has 0 atom stereocenters. The van der Waals surface area contributed by atoms with Crippen LogP contribution >= 0.6 is 0 Å². The van der Waals surface area contributed by atoms with Gasteiger partial charge in [-0.3, -0.25) is 4.79 Å². The van der Waals surface area contributed by atoms with Crippen LogP contribution in [0.1, 0.15) is 5.56 Å². The standard InChI is InChI=1S/C18H19N3O3/c1-19-18(23)21-15-8-5-7-14(12-15)20-17(22)11-10-13-6-3-4-9-16(13)24-2/h3-12H,1-2H3,(H,20,22)(H2,19,21,23)/b11-10+. The summed E-state index contributed by atoms with van der Waals surface area (Å²) >= 11 is 0. The predicted octanol–water partition coefficient (Wildman–Crippen LogP) is 3.10. The number of rotatable bonds is 5. The number of carbonyl (C=O) groups excluding carboxylic acids is 2. The molecule has 0 heterocycles. The molecular weight excluding hydrogens is 306 g/mol. The van der Waals surface area contributed by atoms with E-state index in [2.05, 4.69) is 16.0 Å². The molecule has 0 aliphatic heterocycles. The number of anilines is 2. The summed E-state index contributed by atoms with van der Waals surface area (Å²) in [5.74, 6) is 0.413. The fraction of sp³-hybridized carbons (Fsp3) is 0.111. The number of methoxy groups -OCH3 is 1. The molecule has 0 aliphatic rings. The first-order chi connectivity index (χ1) is 11.6. The summed E-state index contributed by atoms with van der Waals surface area (Å²) in [6.07, 6.45) is 3.11. The van der Waals surface area contributed by atoms with Gasteiger partial charge in [-0.1, -0.05) is 24.3 Å². The van der Waals surface area contributed by atoms with Crippen molar-refractivity contribution in [1.82, 2.24) is 5.32 Å². The van der Waals surface area contributed by atoms with E-state index < -0.39 is 0 Å². The van der Waals surface area contributed by atoms with Gasteiger partial charge in [0.1, 0.15) is 5.75 Å². The lowest BCUT2D eigenvalue weighted by Crippen LogP contribution is -2.24. The van der Waals surface area contributed by atoms with Crippen molar-refractivity contribution >= 4 is 29.4 Å². The highest BCUT2D eigenvalue weighted by atomic mass is 16.5. The highest BCUT2D eigenvalue weighted by Crippen LogP contribution is 2.19. The predicted molar refractivity (Wildman–Crippen MR) is 95.2 cm³/mol. The summed E-state index contributed by atoms with van der Waals surface area (Å²) in [5.41, 5.74) is 1.98. The van der Waals surface area contributed by atoms with Crippen molar-refractivity contribution in [1.29, 1.82) is 0 Å². The number of urea groups is 1. The van der Waals surface area contributed by atoms with Crippen LogP contribution in [0.2, 0.25) is 0 Å². The molecule has 0 saturated heterocycles. The molecule has 0 spiro atoms. The first kappa shape index (κ1) is 17.1. The second kappa shape index (κ2) is 8.38. The van der Waals surface area contributed by atoms with E-state index in [4.69, 9.17) is 4.74 Å². The lowest BCUT2D eigenvalue weighted by atomic mass is 10.2. The van der Waals surface area contributed by atoms with Gasteiger partial charge in [-0.15, -0.1) is 0 Å². The van der Waals surface area contributed by atoms with Gasteiger partial charge < -0.3 is 20.7 Å². The third-order valence-electron chi connectivity index (χ3n) is 3.17. The van der Waals surface area contributed by atoms with Crippen molar-refractivity contribution in [2.24, 2.45) is 0 Å². The quantitative estimate of drug-likeness (QED) is 0.739. The summed E-state index contributed by atoms with van der Waals surface area (Å²) in [5, 5.41) is 7.85. The number of amides is 3. The smallest absolute Gasteiger partial charge is 0.318 e. The molecule has 3 N–H and O–H groups in total. The van der Waals surface area contributed by atoms with Crippen molar-refractivity contribution < 1.29 is 14.3 Å². The molecular formula is C18H19N3O3. The average Bonchev–Trinajstić information content (AvgIpc) is 2.60. The van der Waals surface area contributed by atoms with E-state index in [9.17, 15) is 9.59 Å². The molecule has 2 aromatic rings. The molecule has 2 aromatic carbocycles. The first-order valence-electron chi connectivity index (χ1n) is 7.33. The normalized spacial score (nSPS) is 10.2. The van der Waals surface area contributed by atoms with Crippen LogP contribution in [0.15, 0.2) is 54.6 Å². The van der Waals surface area contributed by atoms with E-state index in [0.29, 0.717) is 17.1 Å². The fourth-order valence-corrected chi connectivity index (χ4v) is 2.02. The summed E-state index contributed by atoms with van der Waals surface area (Å²) in [6.45, 7) is 0. The van der Waals surface area contributed by atoms with Gasteiger partial charge in [-0.25, -0.2) is 4.79 Å². The summed E-state index contributed by atoms with van der Waals surface area (Å²) in [4.78, 5) is 23.3. The molecule has 0 aliphatic carbocycles. The lowest BCUT2D eigenvalue weighted by Gasteiger charge is -2.07. The molecule has 0 unspecified atom stereocenters. The highest BCUT2D eigenvalue weighted by Gasteiger charge is 2.03. The maximum absolute atomic E-state index is 12.0. The van der Waals surface area contributed by atoms with Gasteiger partial charge in [0.2, 0.25) is 5.91 Å². The third-order valence-corrected chi connectivity index (χ3v) is 3.17. The van der Waals surface area contributed by atoms with Crippen molar-refractivity contribution in [3.63, 3.8) is 0 Å². The summed E-state index contributed by atoms with van der Waals surface area (Å²) < 4.78 is 5.23. The zero-order valence-electron chi connectivity index (χ0n) is 13.5. The highest BCUT2D eigenvalue weighted by molar-refractivity contribution is 6.02. The molecule has 0 saturated carbocycles. The van der Waals surface area contributed by atoms with Crippen LogP contribution in [0, 0.1) is 0 Å². The molecule has 6 nitrogen and oxygen atoms in total. The molecule has 124 valence electrons. The van der Waals surface area contributed by atoms with E-state index >= 15 is 0 Å². The molecule has 2 rings (SSSR count). The van der Waals surface area contributed by atoms with E-state index in [1.54, 1.807) is 37.5 Å². The molecule has 0 fully saturated rings. The van der Waals surface area contributed by atoms with Crippen molar-refractivity contribution in [2.75, 3.05) is 24.8 Å². The molecule has 0 aromatic heterocycles. The number of benzene rings is 2. The second-order valence-corrected chi connectivity index (χ2v) is 4.85. The van der Waals surface area contributed by atoms with Crippen LogP contribution in [0.3, 0.4) is 0 Å². The minimum absolute atomic E-state index is 0.280. The Morgan fingerprint density at radius 3 is 2.42 bits per heavy atom. The third kappa shape index (κ3) is 4.88. The SMILES string of the molecule is CNC(=O)Nc1cccc(NC(=O)/C=C/c2ccccc2OC)c1. The number of carbonyl (C=O) groups is 2. The maximum Gasteiger partial charge on any atom is 0.318 e. The van der Waals surface area contributed by atoms with Crippen LogP contribution in [0.5, 0.6) is 5.75 Å². The monoisotopic (exact) mass is 325 g/mol. The Morgan fingerprint density at radius 1 is 1.00 bits per heavy atom. The molecule has 6 heteroatoms. The Bertz CT molecular complexity index is 757. The molecule has 0 radical (unpaired) electrons. The Balaban J connectivity index is 2.03. The van der Waals surface area contributed by atoms with E-state index in [-0.39, 0.29) is 11.9 Å². The van der Waals surface area contributed by atoms with E-state index in [0.717, 1.165) is 5.56 Å². The maximum atomic E-state index is 12.0. The Morgan fingerprint density at radius 2 is 1.71 bits per heavy atom. The first-order valence-corrected chi connectivity index (χ1v) is 7.33. The zero-order valence-corrected chi connectivity index (χ0v) is 13.5. The van der Waals surface area contributed by atoms with Gasteiger partial charge in [0.05, 0.1) is 7.11 Å². The van der Waals surface area contributed by atoms with Gasteiger partial charge in [-0.05, 0) is 30.3 Å². The largest absolute Gasteiger partial charge is 0.496 e. The average molecular weight is 325 g/mol. The minimum Gasteiger partial charge on any atom is -0.496 e. The van der Waals surface area contributed by atoms with Crippen molar-refractivity contribution in [3.05, 3.63) is 60.2 Å². The van der Waals surface area contributed by atoms with Crippen molar-refractivity contribution in [3.8, 4) is 5.75 Å². The zero-order chi connectivity index (χ0) is 17.4. The fourth-order valence-electron chi connectivity index (χ4n) is 2.02. The van der Waals surface area contributed by atoms with Crippen LogP contribution < -0.4 is 20.7 Å². The van der Waals surface area contributed by atoms with Crippen LogP contribution in [0.25, 0.3) is 6.08 Å². The number of hydrogen-bond acceptors (Lipinski definition) is 3. The Labute approximate surface area is 140 Å². The Hall–Kier alpha value is -3.28. The Kier molecular flexibility index (Phi) is 5.96. The number of nitrogens with one attached hydrogen (secondary N) is 3. The van der Waals surface area contributed by atoms with E-state index in [1.165, 1.54) is 13.1 Å². The van der Waals surface area contributed by atoms with Crippen LogP contribution in [0.4, 0.5) is 16.2 Å². The molecule has 24 heavy (non-hydrogen) atoms. The van der Waals surface area contributed by atoms with E-state index in [1.807, 2.05) is 24.3 Å². The van der Waals surface area contributed by atoms with Gasteiger partial charge in [-0.2, -0.15) is 0 Å². The molecule has 3 amide bonds. The van der Waals surface area contributed by atoms with Gasteiger partial charge in [0.25, 0.3) is 0 Å². The minimum atomic E-state index is -0.324. The number of para-hydroxylation sites is 1. The van der Waals surface area contributed by atoms with Crippen molar-refractivity contribution in [2.45, 2.75) is 0 Å². The second-order valence-electron chi connectivity index (χ2n) is 4.85. The molecule has 0 bridgehead atoms. The van der Waals surface area contributed by atoms with Crippen LogP contribution in [-0.2, 0) is 4.79 Å².